The third-order valence-corrected chi connectivity index (χ3v) is 4.94. The molecule has 140 valence electrons. The molecule has 0 aliphatic rings. The van der Waals surface area contributed by atoms with E-state index < -0.39 is 0 Å². The number of carbonyl (C=O) groups is 1. The molecule has 0 aliphatic heterocycles. The lowest BCUT2D eigenvalue weighted by molar-refractivity contribution is -0.122. The molecule has 4 nitrogen and oxygen atoms in total. The quantitative estimate of drug-likeness (QED) is 0.607. The van der Waals surface area contributed by atoms with Gasteiger partial charge in [0.25, 0.3) is 0 Å². The van der Waals surface area contributed by atoms with Gasteiger partial charge in [-0.25, -0.2) is 4.98 Å². The zero-order valence-electron chi connectivity index (χ0n) is 16.4. The number of hydrogen-bond acceptors (Lipinski definition) is 4. The third kappa shape index (κ3) is 4.34. The molecule has 0 N–H and O–H groups in total. The molecule has 1 atom stereocenters. The van der Waals surface area contributed by atoms with Gasteiger partial charge in [-0.05, 0) is 61.8 Å². The molecule has 0 saturated heterocycles. The van der Waals surface area contributed by atoms with Gasteiger partial charge in [0.05, 0.1) is 12.2 Å². The van der Waals surface area contributed by atoms with Crippen molar-refractivity contribution in [2.75, 3.05) is 14.1 Å². The Labute approximate surface area is 160 Å². The number of aryl methyl sites for hydroxylation is 1. The first kappa shape index (κ1) is 19.1. The molecule has 0 bridgehead atoms. The monoisotopic (exact) mass is 362 g/mol. The molecule has 0 spiro atoms. The Hall–Kier alpha value is -2.72. The van der Waals surface area contributed by atoms with E-state index in [1.54, 1.807) is 12.5 Å². The normalized spacial score (nSPS) is 12.3. The summed E-state index contributed by atoms with van der Waals surface area (Å²) in [4.78, 5) is 18.7. The smallest absolute Gasteiger partial charge is 0.225 e. The highest BCUT2D eigenvalue weighted by atomic mass is 16.3. The van der Waals surface area contributed by atoms with Crippen LogP contribution in [-0.2, 0) is 11.2 Å². The van der Waals surface area contributed by atoms with Gasteiger partial charge in [-0.3, -0.25) is 9.69 Å². The van der Waals surface area contributed by atoms with Crippen molar-refractivity contribution in [1.82, 2.24) is 9.88 Å². The average Bonchev–Trinajstić information content (AvgIpc) is 3.18. The molecular formula is C23H26N2O2. The lowest BCUT2D eigenvalue weighted by Gasteiger charge is -2.21. The minimum Gasteiger partial charge on any atom is -0.445 e. The first-order chi connectivity index (χ1) is 13.0. The molecule has 0 radical (unpaired) electrons. The van der Waals surface area contributed by atoms with E-state index in [0.29, 0.717) is 12.3 Å². The maximum Gasteiger partial charge on any atom is 0.225 e. The Morgan fingerprint density at radius 2 is 1.81 bits per heavy atom. The van der Waals surface area contributed by atoms with Crippen LogP contribution in [0.3, 0.4) is 0 Å². The van der Waals surface area contributed by atoms with Crippen molar-refractivity contribution in [2.45, 2.75) is 32.7 Å². The Kier molecular flexibility index (Phi) is 5.87. The van der Waals surface area contributed by atoms with Crippen LogP contribution in [0.1, 0.15) is 24.5 Å². The molecule has 1 unspecified atom stereocenters. The van der Waals surface area contributed by atoms with Crippen molar-refractivity contribution in [3.05, 3.63) is 66.1 Å². The van der Waals surface area contributed by atoms with Gasteiger partial charge in [-0.1, -0.05) is 37.3 Å². The third-order valence-electron chi connectivity index (χ3n) is 4.94. The van der Waals surface area contributed by atoms with Crippen molar-refractivity contribution in [3.63, 3.8) is 0 Å². The van der Waals surface area contributed by atoms with E-state index in [4.69, 9.17) is 4.42 Å². The molecule has 27 heavy (non-hydrogen) atoms. The van der Waals surface area contributed by atoms with Gasteiger partial charge in [-0.2, -0.15) is 0 Å². The number of aromatic nitrogens is 1. The molecule has 1 heterocycles. The molecule has 3 aromatic rings. The molecule has 2 aromatic carbocycles. The van der Waals surface area contributed by atoms with Crippen molar-refractivity contribution in [2.24, 2.45) is 0 Å². The van der Waals surface area contributed by atoms with Crippen molar-refractivity contribution >= 4 is 5.78 Å². The van der Waals surface area contributed by atoms with Gasteiger partial charge in [0.15, 0.2) is 5.78 Å². The Balaban J connectivity index is 1.81. The van der Waals surface area contributed by atoms with Gasteiger partial charge in [-0.15, -0.1) is 0 Å². The fraction of sp³-hybridized carbons (Fsp3) is 0.304. The highest BCUT2D eigenvalue weighted by Crippen LogP contribution is 2.29. The Morgan fingerprint density at radius 1 is 1.11 bits per heavy atom. The van der Waals surface area contributed by atoms with E-state index in [1.807, 2.05) is 37.2 Å². The molecule has 0 fully saturated rings. The zero-order chi connectivity index (χ0) is 19.4. The first-order valence-electron chi connectivity index (χ1n) is 9.28. The van der Waals surface area contributed by atoms with Crippen LogP contribution < -0.4 is 0 Å². The number of Topliss-reactive ketones (excluding diaryl/α,β-unsaturated/α-hetero) is 1. The van der Waals surface area contributed by atoms with Gasteiger partial charge >= 0.3 is 0 Å². The standard InChI is InChI=1S/C23H26N2O2/c1-5-21(25(3)4)22(26)14-17-7-10-18(11-8-17)20-15-19(9-6-16(20)2)23-24-12-13-27-23/h6-13,15,21H,5,14H2,1-4H3. The van der Waals surface area contributed by atoms with Gasteiger partial charge < -0.3 is 4.42 Å². The SMILES string of the molecule is CCC(C(=O)Cc1ccc(-c2cc(-c3ncco3)ccc2C)cc1)N(C)C. The summed E-state index contributed by atoms with van der Waals surface area (Å²) in [5, 5.41) is 0. The molecule has 4 heteroatoms. The maximum absolute atomic E-state index is 12.5. The van der Waals surface area contributed by atoms with E-state index >= 15 is 0 Å². The summed E-state index contributed by atoms with van der Waals surface area (Å²) in [7, 11) is 3.91. The molecule has 0 amide bonds. The van der Waals surface area contributed by atoms with Gasteiger partial charge in [0.2, 0.25) is 5.89 Å². The summed E-state index contributed by atoms with van der Waals surface area (Å²) >= 11 is 0. The predicted molar refractivity (Wildman–Crippen MR) is 109 cm³/mol. The van der Waals surface area contributed by atoms with Crippen LogP contribution in [0, 0.1) is 6.92 Å². The first-order valence-corrected chi connectivity index (χ1v) is 9.28. The number of likely N-dealkylation sites (N-methyl/N-ethyl adjacent to an activating group) is 1. The van der Waals surface area contributed by atoms with E-state index in [2.05, 4.69) is 43.1 Å². The van der Waals surface area contributed by atoms with Crippen LogP contribution in [0.2, 0.25) is 0 Å². The highest BCUT2D eigenvalue weighted by molar-refractivity contribution is 5.86. The molecule has 1 aromatic heterocycles. The van der Waals surface area contributed by atoms with Crippen LogP contribution in [-0.4, -0.2) is 35.8 Å². The lowest BCUT2D eigenvalue weighted by atomic mass is 9.95. The minimum absolute atomic E-state index is 0.0237. The van der Waals surface area contributed by atoms with E-state index in [-0.39, 0.29) is 11.8 Å². The fourth-order valence-electron chi connectivity index (χ4n) is 3.43. The summed E-state index contributed by atoms with van der Waals surface area (Å²) in [6.07, 6.45) is 4.53. The number of nitrogens with zero attached hydrogens (tertiary/aromatic N) is 2. The summed E-state index contributed by atoms with van der Waals surface area (Å²) < 4.78 is 5.41. The number of hydrogen-bond donors (Lipinski definition) is 0. The van der Waals surface area contributed by atoms with Crippen molar-refractivity contribution in [1.29, 1.82) is 0 Å². The number of rotatable bonds is 7. The second-order valence-electron chi connectivity index (χ2n) is 7.09. The lowest BCUT2D eigenvalue weighted by Crippen LogP contribution is -2.36. The van der Waals surface area contributed by atoms with E-state index in [0.717, 1.165) is 28.7 Å². The summed E-state index contributed by atoms with van der Waals surface area (Å²) in [5.41, 5.74) is 5.45. The predicted octanol–water partition coefficient (Wildman–Crippen LogP) is 4.77. The summed E-state index contributed by atoms with van der Waals surface area (Å²) in [6.45, 7) is 4.14. The van der Waals surface area contributed by atoms with Crippen LogP contribution >= 0.6 is 0 Å². The Morgan fingerprint density at radius 3 is 2.41 bits per heavy atom. The summed E-state index contributed by atoms with van der Waals surface area (Å²) in [5.74, 6) is 0.880. The fourth-order valence-corrected chi connectivity index (χ4v) is 3.43. The number of oxazole rings is 1. The highest BCUT2D eigenvalue weighted by Gasteiger charge is 2.18. The van der Waals surface area contributed by atoms with Crippen molar-refractivity contribution in [3.8, 4) is 22.6 Å². The molecule has 3 rings (SSSR count). The number of benzene rings is 2. The average molecular weight is 362 g/mol. The molecule has 0 saturated carbocycles. The van der Waals surface area contributed by atoms with Crippen molar-refractivity contribution < 1.29 is 9.21 Å². The topological polar surface area (TPSA) is 46.3 Å². The van der Waals surface area contributed by atoms with Crippen LogP contribution in [0.5, 0.6) is 0 Å². The zero-order valence-corrected chi connectivity index (χ0v) is 16.4. The second kappa shape index (κ2) is 8.31. The van der Waals surface area contributed by atoms with Gasteiger partial charge in [0.1, 0.15) is 6.26 Å². The van der Waals surface area contributed by atoms with Crippen LogP contribution in [0.4, 0.5) is 0 Å². The number of ketones is 1. The van der Waals surface area contributed by atoms with E-state index in [9.17, 15) is 4.79 Å². The molecule has 0 aliphatic carbocycles. The largest absolute Gasteiger partial charge is 0.445 e. The van der Waals surface area contributed by atoms with E-state index in [1.165, 1.54) is 5.56 Å². The van der Waals surface area contributed by atoms with Crippen LogP contribution in [0.15, 0.2) is 59.3 Å². The molecular weight excluding hydrogens is 336 g/mol. The Bertz CT molecular complexity index is 897. The second-order valence-corrected chi connectivity index (χ2v) is 7.09. The summed E-state index contributed by atoms with van der Waals surface area (Å²) in [6, 6.07) is 14.4. The van der Waals surface area contributed by atoms with Crippen LogP contribution in [0.25, 0.3) is 22.6 Å². The van der Waals surface area contributed by atoms with Gasteiger partial charge in [0, 0.05) is 12.0 Å². The number of carbonyl (C=O) groups excluding carboxylic acids is 1. The minimum atomic E-state index is -0.0237. The maximum atomic E-state index is 12.5.